The van der Waals surface area contributed by atoms with Gasteiger partial charge in [-0.1, -0.05) is 24.3 Å². The van der Waals surface area contributed by atoms with E-state index in [9.17, 15) is 17.6 Å². The number of halogens is 1. The molecule has 0 aromatic heterocycles. The molecule has 2 aliphatic rings. The molecule has 0 aliphatic carbocycles. The van der Waals surface area contributed by atoms with Crippen LogP contribution in [-0.2, 0) is 27.8 Å². The van der Waals surface area contributed by atoms with Crippen LogP contribution >= 0.6 is 0 Å². The summed E-state index contributed by atoms with van der Waals surface area (Å²) < 4.78 is 40.5. The Labute approximate surface area is 183 Å². The third-order valence-corrected chi connectivity index (χ3v) is 8.20. The number of amides is 1. The minimum atomic E-state index is -3.68. The second-order valence-corrected chi connectivity index (χ2v) is 10.1. The van der Waals surface area contributed by atoms with E-state index in [4.69, 9.17) is 0 Å². The van der Waals surface area contributed by atoms with Gasteiger partial charge in [0.2, 0.25) is 15.9 Å². The van der Waals surface area contributed by atoms with Crippen LogP contribution in [0.25, 0.3) is 0 Å². The first-order valence-corrected chi connectivity index (χ1v) is 12.2. The zero-order chi connectivity index (χ0) is 22.0. The molecule has 0 saturated carbocycles. The number of nitrogens with zero attached hydrogens (tertiary/aromatic N) is 3. The highest BCUT2D eigenvalue weighted by Gasteiger charge is 2.32. The number of rotatable bonds is 4. The van der Waals surface area contributed by atoms with Crippen molar-refractivity contribution in [3.8, 4) is 0 Å². The lowest BCUT2D eigenvalue weighted by Gasteiger charge is -2.34. The SMILES string of the molecule is CC(C(=O)N1CCc2ccccc2C1)N1CCCN(S(=O)(=O)c2ccc(F)cc2)CC1. The molecular weight excluding hydrogens is 417 g/mol. The van der Waals surface area contributed by atoms with Crippen LogP contribution in [0.15, 0.2) is 53.4 Å². The average Bonchev–Trinajstić information content (AvgIpc) is 3.05. The van der Waals surface area contributed by atoms with Gasteiger partial charge < -0.3 is 4.90 Å². The summed E-state index contributed by atoms with van der Waals surface area (Å²) in [7, 11) is -3.68. The largest absolute Gasteiger partial charge is 0.337 e. The molecule has 0 N–H and O–H groups in total. The molecule has 2 heterocycles. The van der Waals surface area contributed by atoms with Crippen LogP contribution in [0, 0.1) is 5.82 Å². The second kappa shape index (κ2) is 9.06. The molecular formula is C23H28FN3O3S. The molecule has 166 valence electrons. The van der Waals surface area contributed by atoms with Crippen LogP contribution < -0.4 is 0 Å². The quantitative estimate of drug-likeness (QED) is 0.726. The maximum Gasteiger partial charge on any atom is 0.243 e. The topological polar surface area (TPSA) is 60.9 Å². The number of carbonyl (C=O) groups excluding carboxylic acids is 1. The Morgan fingerprint density at radius 3 is 2.39 bits per heavy atom. The second-order valence-electron chi connectivity index (χ2n) is 8.20. The molecule has 0 radical (unpaired) electrons. The predicted octanol–water partition coefficient (Wildman–Crippen LogP) is 2.50. The Bertz CT molecular complexity index is 1040. The smallest absolute Gasteiger partial charge is 0.243 e. The first-order chi connectivity index (χ1) is 14.9. The lowest BCUT2D eigenvalue weighted by Crippen LogP contribution is -2.49. The van der Waals surface area contributed by atoms with Gasteiger partial charge >= 0.3 is 0 Å². The predicted molar refractivity (Wildman–Crippen MR) is 116 cm³/mol. The summed E-state index contributed by atoms with van der Waals surface area (Å²) in [4.78, 5) is 17.2. The standard InChI is InChI=1S/C23H28FN3O3S/c1-18(23(28)26-14-11-19-5-2-3-6-20(19)17-26)25-12-4-13-27(16-15-25)31(29,30)22-9-7-21(24)8-10-22/h2-3,5-10,18H,4,11-17H2,1H3. The van der Waals surface area contributed by atoms with Crippen LogP contribution in [-0.4, -0.2) is 67.2 Å². The van der Waals surface area contributed by atoms with Crippen molar-refractivity contribution in [2.45, 2.75) is 37.2 Å². The maximum atomic E-state index is 13.2. The highest BCUT2D eigenvalue weighted by Crippen LogP contribution is 2.22. The van der Waals surface area contributed by atoms with E-state index in [1.807, 2.05) is 24.0 Å². The lowest BCUT2D eigenvalue weighted by atomic mass is 9.99. The summed E-state index contributed by atoms with van der Waals surface area (Å²) in [5.74, 6) is -0.377. The van der Waals surface area contributed by atoms with E-state index in [0.717, 1.165) is 18.6 Å². The van der Waals surface area contributed by atoms with Crippen LogP contribution in [0.3, 0.4) is 0 Å². The van der Waals surface area contributed by atoms with Crippen molar-refractivity contribution < 1.29 is 17.6 Å². The molecule has 1 saturated heterocycles. The fourth-order valence-electron chi connectivity index (χ4n) is 4.40. The van der Waals surface area contributed by atoms with Gasteiger partial charge in [0.15, 0.2) is 0 Å². The molecule has 0 spiro atoms. The first-order valence-electron chi connectivity index (χ1n) is 10.7. The molecule has 2 aliphatic heterocycles. The molecule has 1 amide bonds. The fourth-order valence-corrected chi connectivity index (χ4v) is 5.87. The van der Waals surface area contributed by atoms with E-state index >= 15 is 0 Å². The Kier molecular flexibility index (Phi) is 6.41. The van der Waals surface area contributed by atoms with Crippen molar-refractivity contribution in [3.05, 3.63) is 65.5 Å². The minimum absolute atomic E-state index is 0.0874. The van der Waals surface area contributed by atoms with Gasteiger partial charge in [-0.25, -0.2) is 12.8 Å². The molecule has 6 nitrogen and oxygen atoms in total. The van der Waals surface area contributed by atoms with Crippen molar-refractivity contribution in [2.24, 2.45) is 0 Å². The summed E-state index contributed by atoms with van der Waals surface area (Å²) >= 11 is 0. The number of sulfonamides is 1. The maximum absolute atomic E-state index is 13.2. The van der Waals surface area contributed by atoms with Crippen LogP contribution in [0.5, 0.6) is 0 Å². The average molecular weight is 446 g/mol. The molecule has 1 unspecified atom stereocenters. The summed E-state index contributed by atoms with van der Waals surface area (Å²) in [6.45, 7) is 5.07. The summed E-state index contributed by atoms with van der Waals surface area (Å²) in [6.07, 6.45) is 1.50. The van der Waals surface area contributed by atoms with E-state index in [-0.39, 0.29) is 16.8 Å². The van der Waals surface area contributed by atoms with E-state index in [2.05, 4.69) is 17.0 Å². The van der Waals surface area contributed by atoms with Crippen molar-refractivity contribution in [1.82, 2.24) is 14.1 Å². The summed E-state index contributed by atoms with van der Waals surface area (Å²) in [6, 6.07) is 12.8. The number of hydrogen-bond acceptors (Lipinski definition) is 4. The van der Waals surface area contributed by atoms with Crippen LogP contribution in [0.4, 0.5) is 4.39 Å². The van der Waals surface area contributed by atoms with E-state index in [1.165, 1.54) is 27.6 Å². The van der Waals surface area contributed by atoms with Crippen molar-refractivity contribution >= 4 is 15.9 Å². The zero-order valence-electron chi connectivity index (χ0n) is 17.7. The van der Waals surface area contributed by atoms with Gasteiger partial charge in [-0.3, -0.25) is 9.69 Å². The highest BCUT2D eigenvalue weighted by molar-refractivity contribution is 7.89. The fraction of sp³-hybridized carbons (Fsp3) is 0.435. The molecule has 0 bridgehead atoms. The monoisotopic (exact) mass is 445 g/mol. The Morgan fingerprint density at radius 2 is 1.65 bits per heavy atom. The number of benzene rings is 2. The molecule has 8 heteroatoms. The van der Waals surface area contributed by atoms with Crippen LogP contribution in [0.2, 0.25) is 0 Å². The van der Waals surface area contributed by atoms with Gasteiger partial charge in [0.05, 0.1) is 10.9 Å². The van der Waals surface area contributed by atoms with Gasteiger partial charge in [-0.05, 0) is 55.2 Å². The normalized spacial score (nSPS) is 19.5. The van der Waals surface area contributed by atoms with Gasteiger partial charge in [0.1, 0.15) is 5.82 Å². The van der Waals surface area contributed by atoms with Crippen molar-refractivity contribution in [3.63, 3.8) is 0 Å². The Morgan fingerprint density at radius 1 is 0.935 bits per heavy atom. The summed E-state index contributed by atoms with van der Waals surface area (Å²) in [5, 5.41) is 0. The van der Waals surface area contributed by atoms with E-state index in [1.54, 1.807) is 0 Å². The molecule has 1 atom stereocenters. The molecule has 2 aromatic carbocycles. The number of hydrogen-bond donors (Lipinski definition) is 0. The number of fused-ring (bicyclic) bond motifs is 1. The molecule has 4 rings (SSSR count). The van der Waals surface area contributed by atoms with Gasteiger partial charge in [-0.15, -0.1) is 0 Å². The van der Waals surface area contributed by atoms with Crippen molar-refractivity contribution in [2.75, 3.05) is 32.7 Å². The molecule has 1 fully saturated rings. The number of carbonyl (C=O) groups is 1. The van der Waals surface area contributed by atoms with Gasteiger partial charge in [-0.2, -0.15) is 4.31 Å². The van der Waals surface area contributed by atoms with Crippen molar-refractivity contribution in [1.29, 1.82) is 0 Å². The Hall–Kier alpha value is -2.29. The van der Waals surface area contributed by atoms with Crippen LogP contribution in [0.1, 0.15) is 24.5 Å². The lowest BCUT2D eigenvalue weighted by molar-refractivity contribution is -0.137. The Balaban J connectivity index is 1.40. The third-order valence-electron chi connectivity index (χ3n) is 6.29. The highest BCUT2D eigenvalue weighted by atomic mass is 32.2. The van der Waals surface area contributed by atoms with E-state index < -0.39 is 15.8 Å². The van der Waals surface area contributed by atoms with Gasteiger partial charge in [0.25, 0.3) is 0 Å². The zero-order valence-corrected chi connectivity index (χ0v) is 18.5. The molecule has 31 heavy (non-hydrogen) atoms. The van der Waals surface area contributed by atoms with E-state index in [0.29, 0.717) is 45.7 Å². The summed E-state index contributed by atoms with van der Waals surface area (Å²) in [5.41, 5.74) is 2.50. The van der Waals surface area contributed by atoms with Gasteiger partial charge in [0, 0.05) is 39.3 Å². The first kappa shape index (κ1) is 21.9. The molecule has 2 aromatic rings. The minimum Gasteiger partial charge on any atom is -0.337 e. The third kappa shape index (κ3) is 4.66.